The predicted molar refractivity (Wildman–Crippen MR) is 94.6 cm³/mol. The zero-order valence-electron chi connectivity index (χ0n) is 12.8. The molecule has 1 aromatic heterocycles. The molecular formula is C15H16FIN4O3. The van der Waals surface area contributed by atoms with E-state index in [9.17, 15) is 14.3 Å². The van der Waals surface area contributed by atoms with Crippen molar-refractivity contribution in [2.45, 2.75) is 13.0 Å². The number of halogens is 2. The van der Waals surface area contributed by atoms with E-state index < -0.39 is 24.4 Å². The summed E-state index contributed by atoms with van der Waals surface area (Å²) in [6, 6.07) is 4.63. The fourth-order valence-corrected chi connectivity index (χ4v) is 2.28. The number of rotatable bonds is 6. The van der Waals surface area contributed by atoms with Gasteiger partial charge in [-0.2, -0.15) is 0 Å². The van der Waals surface area contributed by atoms with Crippen molar-refractivity contribution in [3.8, 4) is 0 Å². The summed E-state index contributed by atoms with van der Waals surface area (Å²) in [5.74, 6) is -0.664. The summed E-state index contributed by atoms with van der Waals surface area (Å²) in [5.41, 5.74) is 0.439. The number of carbonyl (C=O) groups is 1. The Bertz CT molecular complexity index is 745. The maximum atomic E-state index is 14.0. The summed E-state index contributed by atoms with van der Waals surface area (Å²) in [6.45, 7) is 1.02. The fraction of sp³-hybridized carbons (Fsp3) is 0.267. The maximum Gasteiger partial charge on any atom is 0.272 e. The minimum Gasteiger partial charge on any atom is -0.394 e. The number of carbonyl (C=O) groups excluding carboxylic acids is 1. The van der Waals surface area contributed by atoms with E-state index in [1.54, 1.807) is 19.1 Å². The monoisotopic (exact) mass is 446 g/mol. The molecule has 7 nitrogen and oxygen atoms in total. The van der Waals surface area contributed by atoms with Gasteiger partial charge in [0.15, 0.2) is 5.69 Å². The molecule has 0 aliphatic rings. The van der Waals surface area contributed by atoms with Crippen molar-refractivity contribution in [1.82, 2.24) is 15.3 Å². The third-order valence-electron chi connectivity index (χ3n) is 3.03. The van der Waals surface area contributed by atoms with Crippen molar-refractivity contribution in [3.63, 3.8) is 0 Å². The lowest BCUT2D eigenvalue weighted by molar-refractivity contribution is 0.0799. The highest BCUT2D eigenvalue weighted by molar-refractivity contribution is 14.1. The summed E-state index contributed by atoms with van der Waals surface area (Å²) in [6.07, 6.45) is 0.318. The Labute approximate surface area is 151 Å². The first kappa shape index (κ1) is 18.5. The Balaban J connectivity index is 2.25. The van der Waals surface area contributed by atoms with Crippen LogP contribution in [-0.2, 0) is 0 Å². The van der Waals surface area contributed by atoms with Crippen molar-refractivity contribution >= 4 is 39.9 Å². The number of aryl methyl sites for hydroxylation is 1. The van der Waals surface area contributed by atoms with E-state index in [0.29, 0.717) is 5.82 Å². The van der Waals surface area contributed by atoms with Gasteiger partial charge in [-0.1, -0.05) is 0 Å². The second-order valence-electron chi connectivity index (χ2n) is 4.98. The number of aromatic nitrogens is 2. The molecule has 0 aliphatic heterocycles. The summed E-state index contributed by atoms with van der Waals surface area (Å²) in [7, 11) is 0. The molecule has 0 saturated heterocycles. The number of anilines is 2. The van der Waals surface area contributed by atoms with Crippen LogP contribution in [0.3, 0.4) is 0 Å². The van der Waals surface area contributed by atoms with Gasteiger partial charge in [0.25, 0.3) is 5.91 Å². The molecule has 0 saturated carbocycles. The minimum atomic E-state index is -1.07. The van der Waals surface area contributed by atoms with Crippen LogP contribution in [0.4, 0.5) is 15.8 Å². The quantitative estimate of drug-likeness (QED) is 0.500. The second kappa shape index (κ2) is 8.31. The molecule has 0 unspecified atom stereocenters. The molecule has 2 aromatic rings. The third-order valence-corrected chi connectivity index (χ3v) is 3.70. The first-order chi connectivity index (χ1) is 11.4. The standard InChI is InChI=1S/C15H16FIN4O3/c1-8-18-6-13(21-12-3-2-9(17)4-11(12)16)14(20-8)15(24)19-5-10(23)7-22/h2-4,6,10,21-23H,5,7H2,1H3,(H,19,24)/t10-/m0/s1. The van der Waals surface area contributed by atoms with Gasteiger partial charge in [0, 0.05) is 10.1 Å². The van der Waals surface area contributed by atoms with Crippen LogP contribution in [0.15, 0.2) is 24.4 Å². The minimum absolute atomic E-state index is 0.0191. The van der Waals surface area contributed by atoms with Crippen molar-refractivity contribution in [1.29, 1.82) is 0 Å². The van der Waals surface area contributed by atoms with Crippen LogP contribution >= 0.6 is 22.6 Å². The number of amides is 1. The van der Waals surface area contributed by atoms with Gasteiger partial charge in [0.05, 0.1) is 30.3 Å². The van der Waals surface area contributed by atoms with E-state index in [-0.39, 0.29) is 23.6 Å². The van der Waals surface area contributed by atoms with Gasteiger partial charge in [-0.3, -0.25) is 4.79 Å². The SMILES string of the molecule is Cc1ncc(Nc2ccc(I)cc2F)c(C(=O)NC[C@H](O)CO)n1. The summed E-state index contributed by atoms with van der Waals surface area (Å²) in [5, 5.41) is 23.3. The summed E-state index contributed by atoms with van der Waals surface area (Å²) < 4.78 is 14.7. The van der Waals surface area contributed by atoms with E-state index in [1.807, 2.05) is 22.6 Å². The molecule has 0 fully saturated rings. The van der Waals surface area contributed by atoms with Crippen molar-refractivity contribution in [2.75, 3.05) is 18.5 Å². The summed E-state index contributed by atoms with van der Waals surface area (Å²) >= 11 is 1.99. The number of aliphatic hydroxyl groups excluding tert-OH is 2. The molecule has 128 valence electrons. The Morgan fingerprint density at radius 1 is 1.42 bits per heavy atom. The molecule has 9 heteroatoms. The number of hydrogen-bond acceptors (Lipinski definition) is 6. The molecule has 1 amide bonds. The number of benzene rings is 1. The molecule has 1 atom stereocenters. The van der Waals surface area contributed by atoms with Gasteiger partial charge in [0.1, 0.15) is 11.6 Å². The lowest BCUT2D eigenvalue weighted by atomic mass is 10.2. The largest absolute Gasteiger partial charge is 0.394 e. The van der Waals surface area contributed by atoms with Crippen LogP contribution in [0, 0.1) is 16.3 Å². The number of aliphatic hydroxyl groups is 2. The smallest absolute Gasteiger partial charge is 0.272 e. The van der Waals surface area contributed by atoms with Gasteiger partial charge in [-0.25, -0.2) is 14.4 Å². The van der Waals surface area contributed by atoms with Crippen LogP contribution < -0.4 is 10.6 Å². The van der Waals surface area contributed by atoms with Gasteiger partial charge in [-0.15, -0.1) is 0 Å². The second-order valence-corrected chi connectivity index (χ2v) is 6.22. The van der Waals surface area contributed by atoms with Gasteiger partial charge in [-0.05, 0) is 47.7 Å². The van der Waals surface area contributed by atoms with Crippen molar-refractivity contribution in [2.24, 2.45) is 0 Å². The Hall–Kier alpha value is -1.85. The highest BCUT2D eigenvalue weighted by Gasteiger charge is 2.17. The Morgan fingerprint density at radius 2 is 2.17 bits per heavy atom. The molecule has 0 aliphatic carbocycles. The van der Waals surface area contributed by atoms with Crippen LogP contribution in [-0.4, -0.2) is 45.3 Å². The van der Waals surface area contributed by atoms with Crippen LogP contribution in [0.2, 0.25) is 0 Å². The summed E-state index contributed by atoms with van der Waals surface area (Å²) in [4.78, 5) is 20.3. The van der Waals surface area contributed by atoms with Gasteiger partial charge >= 0.3 is 0 Å². The van der Waals surface area contributed by atoms with E-state index in [2.05, 4.69) is 20.6 Å². The molecule has 1 aromatic carbocycles. The van der Waals surface area contributed by atoms with E-state index in [1.165, 1.54) is 12.3 Å². The van der Waals surface area contributed by atoms with Gasteiger partial charge < -0.3 is 20.8 Å². The van der Waals surface area contributed by atoms with E-state index >= 15 is 0 Å². The van der Waals surface area contributed by atoms with Crippen LogP contribution in [0.5, 0.6) is 0 Å². The molecule has 4 N–H and O–H groups in total. The van der Waals surface area contributed by atoms with E-state index in [4.69, 9.17) is 5.11 Å². The topological polar surface area (TPSA) is 107 Å². The predicted octanol–water partition coefficient (Wildman–Crippen LogP) is 1.36. The number of hydrogen-bond donors (Lipinski definition) is 4. The van der Waals surface area contributed by atoms with E-state index in [0.717, 1.165) is 3.57 Å². The number of nitrogens with zero attached hydrogens (tertiary/aromatic N) is 2. The average molecular weight is 446 g/mol. The van der Waals surface area contributed by atoms with Crippen LogP contribution in [0.25, 0.3) is 0 Å². The maximum absolute atomic E-state index is 14.0. The highest BCUT2D eigenvalue weighted by atomic mass is 127. The normalized spacial score (nSPS) is 11.9. The number of nitrogens with one attached hydrogen (secondary N) is 2. The average Bonchev–Trinajstić information content (AvgIpc) is 2.56. The molecular weight excluding hydrogens is 430 g/mol. The third kappa shape index (κ3) is 4.82. The zero-order valence-corrected chi connectivity index (χ0v) is 14.9. The lowest BCUT2D eigenvalue weighted by Gasteiger charge is -2.13. The first-order valence-corrected chi connectivity index (χ1v) is 8.11. The Morgan fingerprint density at radius 3 is 2.83 bits per heavy atom. The molecule has 1 heterocycles. The Kier molecular flexibility index (Phi) is 6.40. The highest BCUT2D eigenvalue weighted by Crippen LogP contribution is 2.23. The van der Waals surface area contributed by atoms with Crippen molar-refractivity contribution < 1.29 is 19.4 Å². The fourth-order valence-electron chi connectivity index (χ4n) is 1.83. The molecule has 2 rings (SSSR count). The zero-order chi connectivity index (χ0) is 17.7. The molecule has 0 bridgehead atoms. The first-order valence-electron chi connectivity index (χ1n) is 7.03. The lowest BCUT2D eigenvalue weighted by Crippen LogP contribution is -2.34. The molecule has 24 heavy (non-hydrogen) atoms. The van der Waals surface area contributed by atoms with Crippen LogP contribution in [0.1, 0.15) is 16.3 Å². The molecule has 0 radical (unpaired) electrons. The van der Waals surface area contributed by atoms with Gasteiger partial charge in [0.2, 0.25) is 0 Å². The molecule has 0 spiro atoms. The van der Waals surface area contributed by atoms with Crippen molar-refractivity contribution in [3.05, 3.63) is 45.3 Å².